The number of carbonyl (C=O) groups excluding carboxylic acids is 1. The average Bonchev–Trinajstić information content (AvgIpc) is 2.84. The third-order valence-electron chi connectivity index (χ3n) is 4.96. The zero-order valence-corrected chi connectivity index (χ0v) is 12.6. The number of amides is 2. The van der Waals surface area contributed by atoms with E-state index in [9.17, 15) is 14.7 Å². The highest BCUT2D eigenvalue weighted by atomic mass is 16.4. The summed E-state index contributed by atoms with van der Waals surface area (Å²) in [6, 6.07) is 0.0116. The van der Waals surface area contributed by atoms with E-state index in [0.29, 0.717) is 5.92 Å². The van der Waals surface area contributed by atoms with Gasteiger partial charge in [0, 0.05) is 20.1 Å². The quantitative estimate of drug-likeness (QED) is 0.865. The first-order valence-corrected chi connectivity index (χ1v) is 7.69. The van der Waals surface area contributed by atoms with Crippen molar-refractivity contribution in [2.24, 2.45) is 5.92 Å². The Morgan fingerprint density at radius 2 is 1.95 bits per heavy atom. The fraction of sp³-hybridized carbons (Fsp3) is 0.867. The molecule has 20 heavy (non-hydrogen) atoms. The summed E-state index contributed by atoms with van der Waals surface area (Å²) in [6.07, 6.45) is 5.91. The van der Waals surface area contributed by atoms with Gasteiger partial charge in [-0.1, -0.05) is 26.2 Å². The number of aliphatic carboxylic acids is 1. The van der Waals surface area contributed by atoms with Crippen molar-refractivity contribution in [3.8, 4) is 0 Å². The Kier molecular flexibility index (Phi) is 4.55. The zero-order chi connectivity index (χ0) is 14.8. The topological polar surface area (TPSA) is 60.9 Å². The van der Waals surface area contributed by atoms with Crippen molar-refractivity contribution in [2.45, 2.75) is 57.4 Å². The van der Waals surface area contributed by atoms with Gasteiger partial charge < -0.3 is 14.9 Å². The molecule has 1 aliphatic heterocycles. The minimum atomic E-state index is -0.804. The molecule has 5 nitrogen and oxygen atoms in total. The number of carbonyl (C=O) groups is 2. The van der Waals surface area contributed by atoms with Crippen LogP contribution in [0.15, 0.2) is 0 Å². The molecule has 0 spiro atoms. The number of urea groups is 1. The van der Waals surface area contributed by atoms with E-state index in [2.05, 4.69) is 6.92 Å². The molecule has 1 heterocycles. The Bertz CT molecular complexity index is 377. The Morgan fingerprint density at radius 1 is 1.30 bits per heavy atom. The standard InChI is InChI=1S/C15H26N2O3/c1-12-6-9-17(11-12)14(20)16(2)15(10-13(18)19)7-4-3-5-8-15/h12H,3-11H2,1-2H3,(H,18,19). The first-order valence-electron chi connectivity index (χ1n) is 7.69. The van der Waals surface area contributed by atoms with Crippen molar-refractivity contribution in [1.29, 1.82) is 0 Å². The number of carboxylic acids is 1. The fourth-order valence-corrected chi connectivity index (χ4v) is 3.65. The molecule has 5 heteroatoms. The van der Waals surface area contributed by atoms with Crippen LogP contribution in [0.3, 0.4) is 0 Å². The molecule has 0 aromatic heterocycles. The van der Waals surface area contributed by atoms with Gasteiger partial charge in [-0.3, -0.25) is 4.79 Å². The average molecular weight is 282 g/mol. The van der Waals surface area contributed by atoms with Crippen LogP contribution in [-0.2, 0) is 4.79 Å². The van der Waals surface area contributed by atoms with Gasteiger partial charge in [-0.2, -0.15) is 0 Å². The van der Waals surface area contributed by atoms with Crippen LogP contribution in [0.1, 0.15) is 51.9 Å². The summed E-state index contributed by atoms with van der Waals surface area (Å²) in [6.45, 7) is 3.75. The predicted octanol–water partition coefficient (Wildman–Crippen LogP) is 2.56. The van der Waals surface area contributed by atoms with Gasteiger partial charge >= 0.3 is 12.0 Å². The molecule has 1 saturated carbocycles. The van der Waals surface area contributed by atoms with Crippen molar-refractivity contribution < 1.29 is 14.7 Å². The largest absolute Gasteiger partial charge is 0.481 e. The first kappa shape index (κ1) is 15.1. The maximum Gasteiger partial charge on any atom is 0.320 e. The van der Waals surface area contributed by atoms with Gasteiger partial charge in [0.25, 0.3) is 0 Å². The molecule has 1 atom stereocenters. The number of hydrogen-bond acceptors (Lipinski definition) is 2. The third kappa shape index (κ3) is 3.07. The van der Waals surface area contributed by atoms with Crippen LogP contribution in [0.5, 0.6) is 0 Å². The van der Waals surface area contributed by atoms with Gasteiger partial charge in [0.2, 0.25) is 0 Å². The van der Waals surface area contributed by atoms with E-state index in [0.717, 1.165) is 51.6 Å². The number of carboxylic acid groups (broad SMARTS) is 1. The summed E-state index contributed by atoms with van der Waals surface area (Å²) in [5.41, 5.74) is -0.479. The van der Waals surface area contributed by atoms with Crippen molar-refractivity contribution in [2.75, 3.05) is 20.1 Å². The van der Waals surface area contributed by atoms with Crippen LogP contribution in [-0.4, -0.2) is 52.6 Å². The van der Waals surface area contributed by atoms with E-state index >= 15 is 0 Å². The smallest absolute Gasteiger partial charge is 0.320 e. The normalized spacial score (nSPS) is 25.5. The monoisotopic (exact) mass is 282 g/mol. The van der Waals surface area contributed by atoms with E-state index in [-0.39, 0.29) is 12.5 Å². The number of hydrogen-bond donors (Lipinski definition) is 1. The number of likely N-dealkylation sites (tertiary alicyclic amines) is 1. The molecule has 1 N–H and O–H groups in total. The van der Waals surface area contributed by atoms with Crippen LogP contribution in [0, 0.1) is 5.92 Å². The molecule has 0 aromatic carbocycles. The lowest BCUT2D eigenvalue weighted by Crippen LogP contribution is -2.55. The lowest BCUT2D eigenvalue weighted by atomic mass is 9.78. The molecule has 2 amide bonds. The highest BCUT2D eigenvalue weighted by molar-refractivity contribution is 5.77. The molecular weight excluding hydrogens is 256 g/mol. The summed E-state index contributed by atoms with van der Waals surface area (Å²) in [7, 11) is 1.79. The fourth-order valence-electron chi connectivity index (χ4n) is 3.65. The summed E-state index contributed by atoms with van der Waals surface area (Å²) in [4.78, 5) is 27.5. The second-order valence-electron chi connectivity index (χ2n) is 6.54. The highest BCUT2D eigenvalue weighted by Gasteiger charge is 2.42. The first-order chi connectivity index (χ1) is 9.44. The van der Waals surface area contributed by atoms with Crippen LogP contribution in [0.25, 0.3) is 0 Å². The second-order valence-corrected chi connectivity index (χ2v) is 6.54. The molecule has 1 aliphatic carbocycles. The summed E-state index contributed by atoms with van der Waals surface area (Å²) in [5, 5.41) is 9.22. The second kappa shape index (κ2) is 6.02. The molecule has 114 valence electrons. The minimum Gasteiger partial charge on any atom is -0.481 e. The lowest BCUT2D eigenvalue weighted by molar-refractivity contribution is -0.140. The van der Waals surface area contributed by atoms with Crippen molar-refractivity contribution >= 4 is 12.0 Å². The maximum atomic E-state index is 12.6. The zero-order valence-electron chi connectivity index (χ0n) is 12.6. The van der Waals surface area contributed by atoms with Crippen LogP contribution in [0.2, 0.25) is 0 Å². The van der Waals surface area contributed by atoms with Gasteiger partial charge in [0.05, 0.1) is 12.0 Å². The van der Waals surface area contributed by atoms with Crippen LogP contribution >= 0.6 is 0 Å². The van der Waals surface area contributed by atoms with Gasteiger partial charge in [-0.15, -0.1) is 0 Å². The molecule has 2 rings (SSSR count). The van der Waals surface area contributed by atoms with Crippen LogP contribution < -0.4 is 0 Å². The highest BCUT2D eigenvalue weighted by Crippen LogP contribution is 2.36. The van der Waals surface area contributed by atoms with Crippen molar-refractivity contribution in [3.05, 3.63) is 0 Å². The molecule has 1 saturated heterocycles. The van der Waals surface area contributed by atoms with Crippen molar-refractivity contribution in [1.82, 2.24) is 9.80 Å². The Labute approximate surface area is 120 Å². The van der Waals surface area contributed by atoms with E-state index in [1.165, 1.54) is 0 Å². The minimum absolute atomic E-state index is 0.0116. The van der Waals surface area contributed by atoms with Gasteiger partial charge in [0.15, 0.2) is 0 Å². The lowest BCUT2D eigenvalue weighted by Gasteiger charge is -2.45. The SMILES string of the molecule is CC1CCN(C(=O)N(C)C2(CC(=O)O)CCCCC2)C1. The van der Waals surface area contributed by atoms with E-state index in [4.69, 9.17) is 0 Å². The van der Waals surface area contributed by atoms with Crippen molar-refractivity contribution in [3.63, 3.8) is 0 Å². The Hall–Kier alpha value is -1.26. The summed E-state index contributed by atoms with van der Waals surface area (Å²) < 4.78 is 0. The molecule has 0 aromatic rings. The molecule has 1 unspecified atom stereocenters. The van der Waals surface area contributed by atoms with E-state index in [1.807, 2.05) is 4.90 Å². The molecule has 0 bridgehead atoms. The van der Waals surface area contributed by atoms with E-state index < -0.39 is 11.5 Å². The van der Waals surface area contributed by atoms with Gasteiger partial charge in [-0.05, 0) is 25.2 Å². The summed E-state index contributed by atoms with van der Waals surface area (Å²) >= 11 is 0. The summed E-state index contributed by atoms with van der Waals surface area (Å²) in [5.74, 6) is -0.254. The van der Waals surface area contributed by atoms with Gasteiger partial charge in [-0.25, -0.2) is 4.79 Å². The Balaban J connectivity index is 2.11. The molecule has 2 aliphatic rings. The number of nitrogens with zero attached hydrogens (tertiary/aromatic N) is 2. The van der Waals surface area contributed by atoms with E-state index in [1.54, 1.807) is 11.9 Å². The predicted molar refractivity (Wildman–Crippen MR) is 76.6 cm³/mol. The number of rotatable bonds is 3. The third-order valence-corrected chi connectivity index (χ3v) is 4.96. The molecule has 2 fully saturated rings. The van der Waals surface area contributed by atoms with Gasteiger partial charge in [0.1, 0.15) is 0 Å². The Morgan fingerprint density at radius 3 is 2.45 bits per heavy atom. The van der Waals surface area contributed by atoms with Crippen LogP contribution in [0.4, 0.5) is 4.79 Å². The molecule has 0 radical (unpaired) electrons. The maximum absolute atomic E-state index is 12.6. The molecular formula is C15H26N2O3.